The minimum Gasteiger partial charge on any atom is -0.289 e. The SMILES string of the molecule is Cc1cc(C(=O)c2ccc(C3CCC3)cc2)ccn1. The topological polar surface area (TPSA) is 30.0 Å². The van der Waals surface area contributed by atoms with Crippen LogP contribution in [0.5, 0.6) is 0 Å². The molecule has 0 N–H and O–H groups in total. The lowest BCUT2D eigenvalue weighted by atomic mass is 9.80. The number of hydrogen-bond acceptors (Lipinski definition) is 2. The summed E-state index contributed by atoms with van der Waals surface area (Å²) in [5.41, 5.74) is 3.71. The second-order valence-electron chi connectivity index (χ2n) is 5.26. The van der Waals surface area contributed by atoms with E-state index in [-0.39, 0.29) is 5.78 Å². The molecule has 0 aliphatic heterocycles. The number of carbonyl (C=O) groups excluding carboxylic acids is 1. The van der Waals surface area contributed by atoms with Crippen LogP contribution >= 0.6 is 0 Å². The lowest BCUT2D eigenvalue weighted by Crippen LogP contribution is -2.09. The van der Waals surface area contributed by atoms with Gasteiger partial charge in [-0.25, -0.2) is 0 Å². The molecule has 3 rings (SSSR count). The molecule has 1 fully saturated rings. The van der Waals surface area contributed by atoms with Gasteiger partial charge in [-0.1, -0.05) is 30.7 Å². The van der Waals surface area contributed by atoms with Gasteiger partial charge in [0.05, 0.1) is 0 Å². The fourth-order valence-electron chi connectivity index (χ4n) is 2.50. The van der Waals surface area contributed by atoms with E-state index in [4.69, 9.17) is 0 Å². The predicted molar refractivity (Wildman–Crippen MR) is 75.4 cm³/mol. The number of hydrogen-bond donors (Lipinski definition) is 0. The van der Waals surface area contributed by atoms with Crippen molar-refractivity contribution in [2.75, 3.05) is 0 Å². The molecule has 2 nitrogen and oxygen atoms in total. The van der Waals surface area contributed by atoms with E-state index in [1.54, 1.807) is 12.3 Å². The highest BCUT2D eigenvalue weighted by Crippen LogP contribution is 2.36. The number of aryl methyl sites for hydroxylation is 1. The summed E-state index contributed by atoms with van der Waals surface area (Å²) >= 11 is 0. The minimum absolute atomic E-state index is 0.0747. The van der Waals surface area contributed by atoms with Gasteiger partial charge in [0.25, 0.3) is 0 Å². The Balaban J connectivity index is 1.83. The van der Waals surface area contributed by atoms with Crippen LogP contribution in [-0.2, 0) is 0 Å². The van der Waals surface area contributed by atoms with Crippen LogP contribution in [-0.4, -0.2) is 10.8 Å². The average Bonchev–Trinajstić information content (AvgIpc) is 2.37. The minimum atomic E-state index is 0.0747. The van der Waals surface area contributed by atoms with E-state index in [0.29, 0.717) is 11.5 Å². The van der Waals surface area contributed by atoms with E-state index >= 15 is 0 Å². The first-order chi connectivity index (χ1) is 9.24. The molecule has 0 radical (unpaired) electrons. The molecule has 0 unspecified atom stereocenters. The van der Waals surface area contributed by atoms with Gasteiger partial charge >= 0.3 is 0 Å². The summed E-state index contributed by atoms with van der Waals surface area (Å²) in [7, 11) is 0. The zero-order valence-corrected chi connectivity index (χ0v) is 11.1. The Morgan fingerprint density at radius 2 is 1.84 bits per heavy atom. The molecule has 1 heterocycles. The molecule has 1 aromatic heterocycles. The maximum Gasteiger partial charge on any atom is 0.193 e. The van der Waals surface area contributed by atoms with Crippen LogP contribution in [0.15, 0.2) is 42.6 Å². The summed E-state index contributed by atoms with van der Waals surface area (Å²) < 4.78 is 0. The third kappa shape index (κ3) is 2.43. The van der Waals surface area contributed by atoms with Crippen LogP contribution in [0.25, 0.3) is 0 Å². The van der Waals surface area contributed by atoms with Crippen molar-refractivity contribution in [3.63, 3.8) is 0 Å². The highest BCUT2D eigenvalue weighted by Gasteiger charge is 2.19. The van der Waals surface area contributed by atoms with Gasteiger partial charge in [0.15, 0.2) is 5.78 Å². The number of aromatic nitrogens is 1. The monoisotopic (exact) mass is 251 g/mol. The zero-order valence-electron chi connectivity index (χ0n) is 11.1. The average molecular weight is 251 g/mol. The third-order valence-electron chi connectivity index (χ3n) is 3.91. The number of ketones is 1. The molecule has 19 heavy (non-hydrogen) atoms. The maximum absolute atomic E-state index is 12.3. The van der Waals surface area contributed by atoms with Crippen LogP contribution in [0.4, 0.5) is 0 Å². The fraction of sp³-hybridized carbons (Fsp3) is 0.294. The molecule has 0 saturated heterocycles. The van der Waals surface area contributed by atoms with Crippen molar-refractivity contribution in [2.24, 2.45) is 0 Å². The summed E-state index contributed by atoms with van der Waals surface area (Å²) in [6.07, 6.45) is 5.60. The van der Waals surface area contributed by atoms with Crippen LogP contribution < -0.4 is 0 Å². The standard InChI is InChI=1S/C17H17NO/c1-12-11-16(9-10-18-12)17(19)15-7-5-14(6-8-15)13-3-2-4-13/h5-11,13H,2-4H2,1H3. The second kappa shape index (κ2) is 4.96. The zero-order chi connectivity index (χ0) is 13.2. The van der Waals surface area contributed by atoms with Gasteiger partial charge in [0, 0.05) is 23.0 Å². The van der Waals surface area contributed by atoms with Crippen molar-refractivity contribution in [1.29, 1.82) is 0 Å². The molecule has 0 spiro atoms. The Bertz CT molecular complexity index is 597. The summed E-state index contributed by atoms with van der Waals surface area (Å²) in [4.78, 5) is 16.5. The van der Waals surface area contributed by atoms with Gasteiger partial charge in [-0.15, -0.1) is 0 Å². The van der Waals surface area contributed by atoms with Crippen LogP contribution in [0.2, 0.25) is 0 Å². The molecule has 1 aliphatic rings. The molecule has 0 amide bonds. The number of carbonyl (C=O) groups is 1. The van der Waals surface area contributed by atoms with Gasteiger partial charge in [0.2, 0.25) is 0 Å². The fourth-order valence-corrected chi connectivity index (χ4v) is 2.50. The lowest BCUT2D eigenvalue weighted by Gasteiger charge is -2.25. The van der Waals surface area contributed by atoms with Crippen molar-refractivity contribution in [3.05, 3.63) is 65.0 Å². The Hall–Kier alpha value is -1.96. The van der Waals surface area contributed by atoms with Gasteiger partial charge < -0.3 is 0 Å². The van der Waals surface area contributed by atoms with E-state index in [2.05, 4.69) is 17.1 Å². The first kappa shape index (κ1) is 12.1. The Morgan fingerprint density at radius 1 is 1.11 bits per heavy atom. The second-order valence-corrected chi connectivity index (χ2v) is 5.26. The van der Waals surface area contributed by atoms with Gasteiger partial charge in [-0.3, -0.25) is 9.78 Å². The Morgan fingerprint density at radius 3 is 2.42 bits per heavy atom. The van der Waals surface area contributed by atoms with E-state index in [1.165, 1.54) is 24.8 Å². The molecule has 0 bridgehead atoms. The van der Waals surface area contributed by atoms with Gasteiger partial charge in [-0.2, -0.15) is 0 Å². The summed E-state index contributed by atoms with van der Waals surface area (Å²) in [5, 5.41) is 0. The molecule has 96 valence electrons. The molecule has 1 aliphatic carbocycles. The Labute approximate surface area is 113 Å². The van der Waals surface area contributed by atoms with E-state index in [1.807, 2.05) is 25.1 Å². The predicted octanol–water partition coefficient (Wildman–Crippen LogP) is 3.89. The maximum atomic E-state index is 12.3. The highest BCUT2D eigenvalue weighted by atomic mass is 16.1. The number of nitrogens with zero attached hydrogens (tertiary/aromatic N) is 1. The van der Waals surface area contributed by atoms with E-state index < -0.39 is 0 Å². The highest BCUT2D eigenvalue weighted by molar-refractivity contribution is 6.08. The van der Waals surface area contributed by atoms with Crippen molar-refractivity contribution in [2.45, 2.75) is 32.1 Å². The largest absolute Gasteiger partial charge is 0.289 e. The van der Waals surface area contributed by atoms with Crippen molar-refractivity contribution < 1.29 is 4.79 Å². The number of benzene rings is 1. The van der Waals surface area contributed by atoms with Gasteiger partial charge in [-0.05, 0) is 43.4 Å². The summed E-state index contributed by atoms with van der Waals surface area (Å²) in [5.74, 6) is 0.790. The Kier molecular flexibility index (Phi) is 3.16. The van der Waals surface area contributed by atoms with Crippen LogP contribution in [0.1, 0.15) is 52.4 Å². The normalized spacial score (nSPS) is 15.0. The van der Waals surface area contributed by atoms with Crippen molar-refractivity contribution >= 4 is 5.78 Å². The molecular formula is C17H17NO. The van der Waals surface area contributed by atoms with Crippen LogP contribution in [0.3, 0.4) is 0 Å². The van der Waals surface area contributed by atoms with Gasteiger partial charge in [0.1, 0.15) is 0 Å². The smallest absolute Gasteiger partial charge is 0.193 e. The first-order valence-electron chi connectivity index (χ1n) is 6.81. The quantitative estimate of drug-likeness (QED) is 0.775. The molecule has 1 saturated carbocycles. The molecule has 0 atom stereocenters. The van der Waals surface area contributed by atoms with Crippen molar-refractivity contribution in [1.82, 2.24) is 4.98 Å². The first-order valence-corrected chi connectivity index (χ1v) is 6.81. The number of rotatable bonds is 3. The summed E-state index contributed by atoms with van der Waals surface area (Å²) in [6, 6.07) is 11.7. The van der Waals surface area contributed by atoms with E-state index in [0.717, 1.165) is 11.3 Å². The molecule has 1 aromatic carbocycles. The third-order valence-corrected chi connectivity index (χ3v) is 3.91. The van der Waals surface area contributed by atoms with Crippen molar-refractivity contribution in [3.8, 4) is 0 Å². The van der Waals surface area contributed by atoms with E-state index in [9.17, 15) is 4.79 Å². The lowest BCUT2D eigenvalue weighted by molar-refractivity contribution is 0.103. The molecule has 2 aromatic rings. The number of pyridine rings is 1. The van der Waals surface area contributed by atoms with Crippen LogP contribution in [0, 0.1) is 6.92 Å². The molecule has 2 heteroatoms. The summed E-state index contributed by atoms with van der Waals surface area (Å²) in [6.45, 7) is 1.90. The molecular weight excluding hydrogens is 234 g/mol.